The highest BCUT2D eigenvalue weighted by Crippen LogP contribution is 2.27. The molecule has 0 bridgehead atoms. The molecule has 0 atom stereocenters. The van der Waals surface area contributed by atoms with E-state index in [0.29, 0.717) is 0 Å². The van der Waals surface area contributed by atoms with Crippen molar-refractivity contribution in [2.45, 2.75) is 73.6 Å². The minimum absolute atomic E-state index is 1.10. The molecule has 0 amide bonds. The standard InChI is InChI=1S/C19H33N/c1-7-20-13-11-9-8-10-12-19-17(5)15(3)14(2)16(4)18(19)6/h20H,7-13H2,1-6H3. The molecule has 0 aliphatic rings. The zero-order valence-electron chi connectivity index (χ0n) is 14.4. The number of hydrogen-bond donors (Lipinski definition) is 1. The summed E-state index contributed by atoms with van der Waals surface area (Å²) in [5, 5.41) is 3.40. The lowest BCUT2D eigenvalue weighted by Gasteiger charge is -2.18. The molecule has 0 unspecified atom stereocenters. The lowest BCUT2D eigenvalue weighted by atomic mass is 9.87. The first kappa shape index (κ1) is 17.2. The van der Waals surface area contributed by atoms with Crippen LogP contribution >= 0.6 is 0 Å². The summed E-state index contributed by atoms with van der Waals surface area (Å²) in [6.07, 6.45) is 6.61. The fraction of sp³-hybridized carbons (Fsp3) is 0.684. The highest BCUT2D eigenvalue weighted by molar-refractivity contribution is 5.49. The van der Waals surface area contributed by atoms with Crippen molar-refractivity contribution in [3.63, 3.8) is 0 Å². The van der Waals surface area contributed by atoms with Crippen LogP contribution in [-0.2, 0) is 6.42 Å². The van der Waals surface area contributed by atoms with Gasteiger partial charge in [0.15, 0.2) is 0 Å². The lowest BCUT2D eigenvalue weighted by molar-refractivity contribution is 0.597. The van der Waals surface area contributed by atoms with Crippen molar-refractivity contribution in [3.8, 4) is 0 Å². The Kier molecular flexibility index (Phi) is 7.29. The Hall–Kier alpha value is -0.820. The molecule has 0 spiro atoms. The Balaban J connectivity index is 2.52. The number of benzene rings is 1. The fourth-order valence-electron chi connectivity index (χ4n) is 3.03. The third-order valence-corrected chi connectivity index (χ3v) is 4.94. The number of unbranched alkanes of at least 4 members (excludes halogenated alkanes) is 3. The van der Waals surface area contributed by atoms with Gasteiger partial charge in [-0.05, 0) is 100 Å². The Morgan fingerprint density at radius 2 is 1.15 bits per heavy atom. The Labute approximate surface area is 126 Å². The number of nitrogens with one attached hydrogen (secondary N) is 1. The van der Waals surface area contributed by atoms with Crippen molar-refractivity contribution in [2.24, 2.45) is 0 Å². The smallest absolute Gasteiger partial charge is 0.00490 e. The van der Waals surface area contributed by atoms with Gasteiger partial charge < -0.3 is 5.32 Å². The quantitative estimate of drug-likeness (QED) is 0.663. The SMILES string of the molecule is CCNCCCCCCc1c(C)c(C)c(C)c(C)c1C. The zero-order chi connectivity index (χ0) is 15.1. The summed E-state index contributed by atoms with van der Waals surface area (Å²) in [7, 11) is 0. The van der Waals surface area contributed by atoms with Crippen LogP contribution in [0.15, 0.2) is 0 Å². The van der Waals surface area contributed by atoms with E-state index in [1.807, 2.05) is 0 Å². The lowest BCUT2D eigenvalue weighted by Crippen LogP contribution is -2.13. The van der Waals surface area contributed by atoms with Crippen LogP contribution in [0.25, 0.3) is 0 Å². The summed E-state index contributed by atoms with van der Waals surface area (Å²) in [6.45, 7) is 15.9. The van der Waals surface area contributed by atoms with Crippen molar-refractivity contribution in [1.82, 2.24) is 5.32 Å². The Morgan fingerprint density at radius 3 is 1.70 bits per heavy atom. The van der Waals surface area contributed by atoms with Crippen molar-refractivity contribution in [2.75, 3.05) is 13.1 Å². The van der Waals surface area contributed by atoms with Gasteiger partial charge in [-0.15, -0.1) is 0 Å². The molecule has 0 aliphatic carbocycles. The molecule has 0 fully saturated rings. The van der Waals surface area contributed by atoms with Crippen LogP contribution in [0, 0.1) is 34.6 Å². The second-order valence-corrected chi connectivity index (χ2v) is 6.12. The van der Waals surface area contributed by atoms with E-state index in [2.05, 4.69) is 46.9 Å². The first-order valence-electron chi connectivity index (χ1n) is 8.27. The largest absolute Gasteiger partial charge is 0.317 e. The normalized spacial score (nSPS) is 11.1. The summed E-state index contributed by atoms with van der Waals surface area (Å²) in [5.41, 5.74) is 9.13. The summed E-state index contributed by atoms with van der Waals surface area (Å²) in [5.74, 6) is 0. The maximum absolute atomic E-state index is 3.40. The van der Waals surface area contributed by atoms with Crippen LogP contribution < -0.4 is 5.32 Å². The zero-order valence-corrected chi connectivity index (χ0v) is 14.4. The predicted octanol–water partition coefficient (Wildman–Crippen LogP) is 4.94. The molecule has 1 aromatic rings. The summed E-state index contributed by atoms with van der Waals surface area (Å²) >= 11 is 0. The average Bonchev–Trinajstić information content (AvgIpc) is 2.45. The minimum Gasteiger partial charge on any atom is -0.317 e. The second kappa shape index (κ2) is 8.46. The molecule has 1 aromatic carbocycles. The average molecular weight is 275 g/mol. The molecule has 0 aliphatic heterocycles. The minimum atomic E-state index is 1.10. The molecular weight excluding hydrogens is 242 g/mol. The van der Waals surface area contributed by atoms with Crippen LogP contribution in [0.3, 0.4) is 0 Å². The highest BCUT2D eigenvalue weighted by atomic mass is 14.8. The van der Waals surface area contributed by atoms with Crippen molar-refractivity contribution in [3.05, 3.63) is 33.4 Å². The van der Waals surface area contributed by atoms with E-state index in [1.165, 1.54) is 66.5 Å². The topological polar surface area (TPSA) is 12.0 Å². The van der Waals surface area contributed by atoms with Gasteiger partial charge in [0.05, 0.1) is 0 Å². The molecule has 1 heteroatoms. The van der Waals surface area contributed by atoms with Crippen molar-refractivity contribution < 1.29 is 0 Å². The van der Waals surface area contributed by atoms with E-state index >= 15 is 0 Å². The van der Waals surface area contributed by atoms with Crippen LogP contribution in [0.1, 0.15) is 66.0 Å². The molecule has 1 nitrogen and oxygen atoms in total. The monoisotopic (exact) mass is 275 g/mol. The molecule has 0 aromatic heterocycles. The summed E-state index contributed by atoms with van der Waals surface area (Å²) < 4.78 is 0. The highest BCUT2D eigenvalue weighted by Gasteiger charge is 2.11. The van der Waals surface area contributed by atoms with Gasteiger partial charge in [0.25, 0.3) is 0 Å². The maximum atomic E-state index is 3.40. The van der Waals surface area contributed by atoms with E-state index in [9.17, 15) is 0 Å². The molecule has 1 rings (SSSR count). The van der Waals surface area contributed by atoms with Gasteiger partial charge in [-0.25, -0.2) is 0 Å². The van der Waals surface area contributed by atoms with Crippen LogP contribution in [0.2, 0.25) is 0 Å². The first-order valence-corrected chi connectivity index (χ1v) is 8.27. The molecule has 1 N–H and O–H groups in total. The van der Waals surface area contributed by atoms with E-state index < -0.39 is 0 Å². The molecule has 0 saturated heterocycles. The van der Waals surface area contributed by atoms with Crippen LogP contribution in [0.5, 0.6) is 0 Å². The van der Waals surface area contributed by atoms with Crippen LogP contribution in [-0.4, -0.2) is 13.1 Å². The van der Waals surface area contributed by atoms with Gasteiger partial charge in [-0.2, -0.15) is 0 Å². The fourth-order valence-corrected chi connectivity index (χ4v) is 3.03. The maximum Gasteiger partial charge on any atom is -0.00490 e. The van der Waals surface area contributed by atoms with Gasteiger partial charge in [0.1, 0.15) is 0 Å². The molecule has 114 valence electrons. The van der Waals surface area contributed by atoms with Gasteiger partial charge in [0.2, 0.25) is 0 Å². The van der Waals surface area contributed by atoms with Crippen LogP contribution in [0.4, 0.5) is 0 Å². The van der Waals surface area contributed by atoms with E-state index in [1.54, 1.807) is 5.56 Å². The Morgan fingerprint density at radius 1 is 0.650 bits per heavy atom. The molecule has 0 radical (unpaired) electrons. The second-order valence-electron chi connectivity index (χ2n) is 6.12. The number of hydrogen-bond acceptors (Lipinski definition) is 1. The third-order valence-electron chi connectivity index (χ3n) is 4.94. The van der Waals surface area contributed by atoms with Gasteiger partial charge in [-0.1, -0.05) is 19.8 Å². The molecule has 0 saturated carbocycles. The van der Waals surface area contributed by atoms with Crippen molar-refractivity contribution >= 4 is 0 Å². The Bertz CT molecular complexity index is 403. The first-order chi connectivity index (χ1) is 9.50. The van der Waals surface area contributed by atoms with Crippen molar-refractivity contribution in [1.29, 1.82) is 0 Å². The van der Waals surface area contributed by atoms with E-state index in [0.717, 1.165) is 6.54 Å². The molecule has 20 heavy (non-hydrogen) atoms. The summed E-state index contributed by atoms with van der Waals surface area (Å²) in [6, 6.07) is 0. The third kappa shape index (κ3) is 4.34. The summed E-state index contributed by atoms with van der Waals surface area (Å²) in [4.78, 5) is 0. The van der Waals surface area contributed by atoms with E-state index in [-0.39, 0.29) is 0 Å². The number of rotatable bonds is 8. The van der Waals surface area contributed by atoms with Gasteiger partial charge in [0, 0.05) is 0 Å². The molecular formula is C19H33N. The molecule has 0 heterocycles. The van der Waals surface area contributed by atoms with Gasteiger partial charge >= 0.3 is 0 Å². The predicted molar refractivity (Wildman–Crippen MR) is 90.8 cm³/mol. The van der Waals surface area contributed by atoms with Gasteiger partial charge in [-0.3, -0.25) is 0 Å². The van der Waals surface area contributed by atoms with E-state index in [4.69, 9.17) is 0 Å².